The van der Waals surface area contributed by atoms with E-state index in [9.17, 15) is 38.4 Å². The third kappa shape index (κ3) is 30.1. The number of carboxylic acid groups (broad SMARTS) is 4. The fourth-order valence-corrected chi connectivity index (χ4v) is 13.6. The second kappa shape index (κ2) is 32.1. The van der Waals surface area contributed by atoms with Gasteiger partial charge in [-0.1, -0.05) is 121 Å². The second-order valence-electron chi connectivity index (χ2n) is 13.5. The van der Waals surface area contributed by atoms with E-state index >= 15 is 0 Å². The molecular formula is C40H48O15Si4Y2. The molecule has 0 saturated heterocycles. The summed E-state index contributed by atoms with van der Waals surface area (Å²) >= 11 is 0. The van der Waals surface area contributed by atoms with Gasteiger partial charge in [0, 0.05) is 87.7 Å². The van der Waals surface area contributed by atoms with Crippen molar-refractivity contribution >= 4 is 82.2 Å². The van der Waals surface area contributed by atoms with Crippen molar-refractivity contribution in [2.75, 3.05) is 0 Å². The van der Waals surface area contributed by atoms with Crippen LogP contribution in [0.2, 0.25) is 52.4 Å². The fraction of sp³-hybridized carbons (Fsp3) is 0.200. The van der Waals surface area contributed by atoms with Crippen molar-refractivity contribution in [2.24, 2.45) is 0 Å². The Labute approximate surface area is 410 Å². The van der Waals surface area contributed by atoms with E-state index in [2.05, 4.69) is 52.4 Å². The van der Waals surface area contributed by atoms with E-state index in [0.29, 0.717) is 0 Å². The molecule has 4 radical (unpaired) electrons. The molecule has 0 bridgehead atoms. The largest absolute Gasteiger partial charge is 0.475 e. The minimum Gasteiger partial charge on any atom is -0.475 e. The maximum absolute atomic E-state index is 10.7. The minimum absolute atomic E-state index is 0. The Kier molecular flexibility index (Phi) is 32.5. The number of carboxylic acids is 4. The van der Waals surface area contributed by atoms with Gasteiger partial charge in [0.05, 0.1) is 0 Å². The van der Waals surface area contributed by atoms with Crippen molar-refractivity contribution in [2.45, 2.75) is 52.4 Å². The van der Waals surface area contributed by atoms with Crippen molar-refractivity contribution in [3.8, 4) is 0 Å². The molecule has 0 atom stereocenters. The van der Waals surface area contributed by atoms with Crippen LogP contribution in [0.25, 0.3) is 0 Å². The SMILES string of the molecule is C[Si](O[Si](C)O[Si](C)(C)C)O[Si](C)(C)C.O=C(O)C(=O)c1ccccc1.O=C(O)C(=O)c1ccccc1.O=C(O)C(=O)c1ccccc1.O=C(O)C(=O)c1ccccc1.[Y].[Y]. The molecule has 0 heterocycles. The van der Waals surface area contributed by atoms with E-state index in [4.69, 9.17) is 32.8 Å². The van der Waals surface area contributed by atoms with Gasteiger partial charge < -0.3 is 32.8 Å². The van der Waals surface area contributed by atoms with Gasteiger partial charge in [-0.15, -0.1) is 0 Å². The molecule has 21 heteroatoms. The fourth-order valence-electron chi connectivity index (χ4n) is 3.96. The number of Topliss-reactive ketones (excluding diaryl/α,β-unsaturated/α-hetero) is 4. The summed E-state index contributed by atoms with van der Waals surface area (Å²) in [6, 6.07) is 31.6. The van der Waals surface area contributed by atoms with Crippen molar-refractivity contribution in [1.29, 1.82) is 0 Å². The molecule has 4 aromatic carbocycles. The van der Waals surface area contributed by atoms with E-state index in [1.807, 2.05) is 0 Å². The number of rotatable bonds is 14. The summed E-state index contributed by atoms with van der Waals surface area (Å²) in [5, 5.41) is 33.1. The number of carbonyl (C=O) groups is 8. The number of benzene rings is 4. The van der Waals surface area contributed by atoms with E-state index in [0.717, 1.165) is 0 Å². The van der Waals surface area contributed by atoms with Gasteiger partial charge in [-0.3, -0.25) is 19.2 Å². The maximum Gasteiger partial charge on any atom is 0.377 e. The second-order valence-corrected chi connectivity index (χ2v) is 26.4. The van der Waals surface area contributed by atoms with Gasteiger partial charge in [-0.05, 0) is 52.4 Å². The Hall–Kier alpha value is -3.60. The Balaban J connectivity index is -0.000000687. The Bertz CT molecular complexity index is 1710. The van der Waals surface area contributed by atoms with Gasteiger partial charge in [0.1, 0.15) is 0 Å². The summed E-state index contributed by atoms with van der Waals surface area (Å²) in [7, 11) is -5.13. The Morgan fingerprint density at radius 2 is 0.541 bits per heavy atom. The molecule has 0 saturated carbocycles. The first-order chi connectivity index (χ1) is 27.4. The zero-order valence-corrected chi connectivity index (χ0v) is 44.7. The number of carbonyl (C=O) groups excluding carboxylic acids is 4. The molecule has 0 fully saturated rings. The molecule has 0 unspecified atom stereocenters. The molecule has 15 nitrogen and oxygen atoms in total. The van der Waals surface area contributed by atoms with Crippen LogP contribution in [-0.2, 0) is 96.9 Å². The van der Waals surface area contributed by atoms with E-state index in [1.165, 1.54) is 48.5 Å². The average Bonchev–Trinajstić information content (AvgIpc) is 3.17. The molecule has 320 valence electrons. The topological polar surface area (TPSA) is 245 Å². The summed E-state index contributed by atoms with van der Waals surface area (Å²) in [5.74, 6) is -9.16. The summed E-state index contributed by atoms with van der Waals surface area (Å²) in [6.07, 6.45) is 0. The van der Waals surface area contributed by atoms with Crippen LogP contribution >= 0.6 is 0 Å². The van der Waals surface area contributed by atoms with Crippen LogP contribution in [-0.4, -0.2) is 103 Å². The van der Waals surface area contributed by atoms with Crippen molar-refractivity contribution in [3.63, 3.8) is 0 Å². The molecule has 0 amide bonds. The number of hydrogen-bond acceptors (Lipinski definition) is 11. The van der Waals surface area contributed by atoms with Crippen LogP contribution in [0.3, 0.4) is 0 Å². The molecule has 0 aromatic heterocycles. The first-order valence-electron chi connectivity index (χ1n) is 17.4. The van der Waals surface area contributed by atoms with Crippen LogP contribution < -0.4 is 0 Å². The first kappa shape index (κ1) is 61.7. The monoisotopic (exact) mass is 1060 g/mol. The third-order valence-electron chi connectivity index (χ3n) is 6.11. The molecule has 0 aliphatic carbocycles. The average molecular weight is 1060 g/mol. The Morgan fingerprint density at radius 1 is 0.377 bits per heavy atom. The quantitative estimate of drug-likeness (QED) is 0.0580. The van der Waals surface area contributed by atoms with Crippen LogP contribution in [0.5, 0.6) is 0 Å². The predicted octanol–water partition coefficient (Wildman–Crippen LogP) is 6.75. The summed E-state index contributed by atoms with van der Waals surface area (Å²) < 4.78 is 17.6. The van der Waals surface area contributed by atoms with Crippen LogP contribution in [0.4, 0.5) is 0 Å². The molecule has 0 aliphatic rings. The van der Waals surface area contributed by atoms with Crippen molar-refractivity contribution in [3.05, 3.63) is 144 Å². The van der Waals surface area contributed by atoms with Gasteiger partial charge in [0.2, 0.25) is 0 Å². The molecule has 4 aromatic rings. The maximum atomic E-state index is 10.7. The number of hydrogen-bond donors (Lipinski definition) is 4. The van der Waals surface area contributed by atoms with E-state index in [1.54, 1.807) is 72.8 Å². The summed E-state index contributed by atoms with van der Waals surface area (Å²) in [6.45, 7) is 17.2. The van der Waals surface area contributed by atoms with E-state index < -0.39 is 82.2 Å². The standard InChI is InChI=1S/C8H24O3Si4.4C8H6O3.2Y/c1-12(10-14(3,4)5)9-13(2)11-15(6,7)8;4*9-7(8(10)11)6-4-2-1-3-5-6;;/h1-8H3;4*1-5H,(H,10,11);;. The normalized spacial score (nSPS) is 10.0. The molecule has 4 rings (SSSR count). The van der Waals surface area contributed by atoms with Crippen LogP contribution in [0.15, 0.2) is 121 Å². The molecule has 0 spiro atoms. The molecule has 4 N–H and O–H groups in total. The van der Waals surface area contributed by atoms with Crippen LogP contribution in [0.1, 0.15) is 41.4 Å². The molecular weight excluding hydrogens is 1010 g/mol. The smallest absolute Gasteiger partial charge is 0.377 e. The van der Waals surface area contributed by atoms with Gasteiger partial charge >= 0.3 is 42.4 Å². The minimum atomic E-state index is -1.45. The van der Waals surface area contributed by atoms with Gasteiger partial charge in [-0.25, -0.2) is 19.2 Å². The molecule has 61 heavy (non-hydrogen) atoms. The van der Waals surface area contributed by atoms with Gasteiger partial charge in [0.25, 0.3) is 23.1 Å². The zero-order valence-electron chi connectivity index (χ0n) is 35.0. The van der Waals surface area contributed by atoms with Gasteiger partial charge in [-0.2, -0.15) is 0 Å². The van der Waals surface area contributed by atoms with Crippen molar-refractivity contribution < 1.29 is 137 Å². The van der Waals surface area contributed by atoms with Crippen molar-refractivity contribution in [1.82, 2.24) is 0 Å². The van der Waals surface area contributed by atoms with Gasteiger partial charge in [0.15, 0.2) is 16.6 Å². The number of aliphatic carboxylic acids is 4. The third-order valence-corrected chi connectivity index (χ3v) is 15.6. The molecule has 0 aliphatic heterocycles. The van der Waals surface area contributed by atoms with E-state index in [-0.39, 0.29) is 87.7 Å². The summed E-state index contributed by atoms with van der Waals surface area (Å²) in [4.78, 5) is 83.6. The zero-order chi connectivity index (χ0) is 45.3. The first-order valence-corrected chi connectivity index (χ1v) is 27.8. The Morgan fingerprint density at radius 3 is 0.672 bits per heavy atom. The predicted molar refractivity (Wildman–Crippen MR) is 227 cm³/mol. The summed E-state index contributed by atoms with van der Waals surface area (Å²) in [5.41, 5.74) is 0.833. The van der Waals surface area contributed by atoms with Crippen LogP contribution in [0, 0.1) is 0 Å². The number of ketones is 4.